The Labute approximate surface area is 101 Å². The molecular formula is C10H7N7O. The predicted octanol–water partition coefficient (Wildman–Crippen LogP) is -0.0588. The second-order valence-corrected chi connectivity index (χ2v) is 3.26. The molecule has 18 heavy (non-hydrogen) atoms. The zero-order valence-corrected chi connectivity index (χ0v) is 9.30. The number of nitrogens with zero attached hydrogens (tertiary/aromatic N) is 5. The van der Waals surface area contributed by atoms with Crippen molar-refractivity contribution in [3.63, 3.8) is 0 Å². The highest BCUT2D eigenvalue weighted by molar-refractivity contribution is 5.90. The third-order valence-corrected chi connectivity index (χ3v) is 2.26. The number of nitrogens with two attached hydrogens (primary N) is 2. The Morgan fingerprint density at radius 3 is 2.39 bits per heavy atom. The van der Waals surface area contributed by atoms with Gasteiger partial charge in [0.15, 0.2) is 5.65 Å². The maximum atomic E-state index is 8.90. The number of nitriles is 2. The monoisotopic (exact) mass is 241 g/mol. The standard InChI is InChI=1S/C10H7N7O/c1-18-10-5(3-12)15-7-6(13)4(2-11)8(14)16-9(7)17-10/h1H3,(H4,13,14,16,17). The summed E-state index contributed by atoms with van der Waals surface area (Å²) in [5.41, 5.74) is 11.6. The molecule has 0 atom stereocenters. The van der Waals surface area contributed by atoms with E-state index in [1.807, 2.05) is 12.1 Å². The first-order valence-electron chi connectivity index (χ1n) is 4.73. The lowest BCUT2D eigenvalue weighted by molar-refractivity contribution is 0.396. The zero-order chi connectivity index (χ0) is 13.3. The van der Waals surface area contributed by atoms with Crippen molar-refractivity contribution in [2.75, 3.05) is 18.6 Å². The Balaban J connectivity index is 2.92. The molecule has 0 fully saturated rings. The van der Waals surface area contributed by atoms with Gasteiger partial charge in [0.1, 0.15) is 29.0 Å². The zero-order valence-electron chi connectivity index (χ0n) is 9.30. The summed E-state index contributed by atoms with van der Waals surface area (Å²) in [5.74, 6) is -0.00966. The number of nitrogen functional groups attached to an aromatic ring is 2. The van der Waals surface area contributed by atoms with Gasteiger partial charge in [-0.25, -0.2) is 9.97 Å². The van der Waals surface area contributed by atoms with Crippen LogP contribution in [0.3, 0.4) is 0 Å². The quantitative estimate of drug-likeness (QED) is 0.705. The number of ether oxygens (including phenoxy) is 1. The van der Waals surface area contributed by atoms with Crippen LogP contribution in [-0.2, 0) is 0 Å². The molecule has 2 rings (SSSR count). The first kappa shape index (κ1) is 11.4. The third-order valence-electron chi connectivity index (χ3n) is 2.26. The summed E-state index contributed by atoms with van der Waals surface area (Å²) in [7, 11) is 1.35. The second kappa shape index (κ2) is 4.03. The molecule has 2 heterocycles. The Hall–Kier alpha value is -3.13. The predicted molar refractivity (Wildman–Crippen MR) is 62.1 cm³/mol. The molecule has 4 N–H and O–H groups in total. The molecule has 0 aliphatic heterocycles. The van der Waals surface area contributed by atoms with Crippen LogP contribution < -0.4 is 16.2 Å². The fraction of sp³-hybridized carbons (Fsp3) is 0.100. The van der Waals surface area contributed by atoms with Crippen LogP contribution in [0.5, 0.6) is 5.88 Å². The molecule has 0 saturated carbocycles. The van der Waals surface area contributed by atoms with Crippen LogP contribution in [0, 0.1) is 22.7 Å². The Kier molecular flexibility index (Phi) is 2.54. The summed E-state index contributed by atoms with van der Waals surface area (Å²) in [6.07, 6.45) is 0. The molecule has 0 amide bonds. The summed E-state index contributed by atoms with van der Waals surface area (Å²) < 4.78 is 4.90. The van der Waals surface area contributed by atoms with Crippen molar-refractivity contribution in [3.05, 3.63) is 11.3 Å². The SMILES string of the molecule is COc1nc2nc(N)c(C#N)c(N)c2nc1C#N. The van der Waals surface area contributed by atoms with Gasteiger partial charge < -0.3 is 16.2 Å². The summed E-state index contributed by atoms with van der Waals surface area (Å²) in [4.78, 5) is 11.8. The van der Waals surface area contributed by atoms with E-state index in [0.29, 0.717) is 0 Å². The van der Waals surface area contributed by atoms with Crippen molar-refractivity contribution in [1.82, 2.24) is 15.0 Å². The van der Waals surface area contributed by atoms with E-state index in [-0.39, 0.29) is 39.8 Å². The molecule has 88 valence electrons. The van der Waals surface area contributed by atoms with E-state index in [1.54, 1.807) is 0 Å². The van der Waals surface area contributed by atoms with Crippen molar-refractivity contribution in [2.24, 2.45) is 0 Å². The number of pyridine rings is 1. The molecule has 2 aromatic heterocycles. The van der Waals surface area contributed by atoms with Crippen LogP contribution in [0.4, 0.5) is 11.5 Å². The first-order valence-corrected chi connectivity index (χ1v) is 4.73. The molecule has 0 spiro atoms. The smallest absolute Gasteiger partial charge is 0.253 e. The van der Waals surface area contributed by atoms with Crippen LogP contribution in [0.1, 0.15) is 11.3 Å². The third kappa shape index (κ3) is 1.49. The summed E-state index contributed by atoms with van der Waals surface area (Å²) in [6.45, 7) is 0. The number of hydrogen-bond donors (Lipinski definition) is 2. The molecule has 0 aliphatic carbocycles. The van der Waals surface area contributed by atoms with E-state index >= 15 is 0 Å². The van der Waals surface area contributed by atoms with Crippen molar-refractivity contribution in [1.29, 1.82) is 10.5 Å². The number of aromatic nitrogens is 3. The number of rotatable bonds is 1. The Bertz CT molecular complexity index is 726. The van der Waals surface area contributed by atoms with Gasteiger partial charge in [-0.2, -0.15) is 15.5 Å². The lowest BCUT2D eigenvalue weighted by atomic mass is 10.2. The molecule has 0 aliphatic rings. The van der Waals surface area contributed by atoms with Gasteiger partial charge in [0.05, 0.1) is 12.8 Å². The van der Waals surface area contributed by atoms with Crippen LogP contribution in [-0.4, -0.2) is 22.1 Å². The topological polar surface area (TPSA) is 148 Å². The largest absolute Gasteiger partial charge is 0.479 e. The number of methoxy groups -OCH3 is 1. The van der Waals surface area contributed by atoms with Crippen molar-refractivity contribution in [2.45, 2.75) is 0 Å². The molecular weight excluding hydrogens is 234 g/mol. The Morgan fingerprint density at radius 2 is 1.83 bits per heavy atom. The summed E-state index contributed by atoms with van der Waals surface area (Å²) in [5, 5.41) is 17.8. The molecule has 8 heteroatoms. The van der Waals surface area contributed by atoms with Crippen LogP contribution in [0.25, 0.3) is 11.2 Å². The van der Waals surface area contributed by atoms with E-state index < -0.39 is 0 Å². The van der Waals surface area contributed by atoms with Gasteiger partial charge in [0, 0.05) is 0 Å². The minimum absolute atomic E-state index is 0.0193. The summed E-state index contributed by atoms with van der Waals surface area (Å²) >= 11 is 0. The molecule has 0 aromatic carbocycles. The maximum Gasteiger partial charge on any atom is 0.253 e. The van der Waals surface area contributed by atoms with E-state index in [4.69, 9.17) is 26.7 Å². The lowest BCUT2D eigenvalue weighted by Crippen LogP contribution is -2.06. The highest BCUT2D eigenvalue weighted by Crippen LogP contribution is 2.26. The van der Waals surface area contributed by atoms with E-state index in [0.717, 1.165) is 0 Å². The van der Waals surface area contributed by atoms with Gasteiger partial charge in [-0.15, -0.1) is 0 Å². The highest BCUT2D eigenvalue weighted by atomic mass is 16.5. The number of hydrogen-bond acceptors (Lipinski definition) is 8. The van der Waals surface area contributed by atoms with Crippen LogP contribution in [0.2, 0.25) is 0 Å². The molecule has 8 nitrogen and oxygen atoms in total. The fourth-order valence-electron chi connectivity index (χ4n) is 1.43. The highest BCUT2D eigenvalue weighted by Gasteiger charge is 2.16. The second-order valence-electron chi connectivity index (χ2n) is 3.26. The van der Waals surface area contributed by atoms with Crippen molar-refractivity contribution < 1.29 is 4.74 Å². The van der Waals surface area contributed by atoms with Crippen LogP contribution in [0.15, 0.2) is 0 Å². The fourth-order valence-corrected chi connectivity index (χ4v) is 1.43. The van der Waals surface area contributed by atoms with E-state index in [1.165, 1.54) is 7.11 Å². The average Bonchev–Trinajstić information content (AvgIpc) is 2.37. The normalized spacial score (nSPS) is 9.72. The molecule has 0 unspecified atom stereocenters. The summed E-state index contributed by atoms with van der Waals surface area (Å²) in [6, 6.07) is 3.65. The average molecular weight is 241 g/mol. The minimum atomic E-state index is -0.0384. The van der Waals surface area contributed by atoms with Gasteiger partial charge in [0.2, 0.25) is 5.69 Å². The van der Waals surface area contributed by atoms with Gasteiger partial charge in [-0.3, -0.25) is 0 Å². The minimum Gasteiger partial charge on any atom is -0.479 e. The van der Waals surface area contributed by atoms with Crippen LogP contribution >= 0.6 is 0 Å². The molecule has 2 aromatic rings. The van der Waals surface area contributed by atoms with Gasteiger partial charge in [-0.1, -0.05) is 0 Å². The van der Waals surface area contributed by atoms with Gasteiger partial charge in [-0.05, 0) is 0 Å². The number of fused-ring (bicyclic) bond motifs is 1. The first-order chi connectivity index (χ1) is 8.62. The van der Waals surface area contributed by atoms with Crippen molar-refractivity contribution in [3.8, 4) is 18.0 Å². The lowest BCUT2D eigenvalue weighted by Gasteiger charge is -2.07. The van der Waals surface area contributed by atoms with E-state index in [9.17, 15) is 0 Å². The van der Waals surface area contributed by atoms with Gasteiger partial charge >= 0.3 is 0 Å². The number of anilines is 2. The van der Waals surface area contributed by atoms with Crippen molar-refractivity contribution >= 4 is 22.7 Å². The Morgan fingerprint density at radius 1 is 1.11 bits per heavy atom. The molecule has 0 saturated heterocycles. The van der Waals surface area contributed by atoms with E-state index in [2.05, 4.69) is 15.0 Å². The maximum absolute atomic E-state index is 8.90. The van der Waals surface area contributed by atoms with Gasteiger partial charge in [0.25, 0.3) is 5.88 Å². The molecule has 0 radical (unpaired) electrons. The molecule has 0 bridgehead atoms.